The Morgan fingerprint density at radius 2 is 1.66 bits per heavy atom. The van der Waals surface area contributed by atoms with Crippen molar-refractivity contribution >= 4 is 34.8 Å². The minimum atomic E-state index is -0.658. The van der Waals surface area contributed by atoms with Crippen molar-refractivity contribution in [1.82, 2.24) is 10.2 Å². The van der Waals surface area contributed by atoms with Gasteiger partial charge in [-0.2, -0.15) is 0 Å². The van der Waals surface area contributed by atoms with E-state index in [9.17, 15) is 19.2 Å². The van der Waals surface area contributed by atoms with E-state index in [4.69, 9.17) is 9.47 Å². The molecule has 0 aromatic carbocycles. The molecule has 2 atom stereocenters. The molecule has 8 nitrogen and oxygen atoms in total. The van der Waals surface area contributed by atoms with Gasteiger partial charge in [0.2, 0.25) is 5.91 Å². The molecular weight excluding hydrogens is 396 g/mol. The predicted molar refractivity (Wildman–Crippen MR) is 111 cm³/mol. The average Bonchev–Trinajstić information content (AvgIpc) is 3.00. The molecule has 1 unspecified atom stereocenters. The lowest BCUT2D eigenvalue weighted by Crippen LogP contribution is -2.48. The molecular formula is C20H34N2O6S. The van der Waals surface area contributed by atoms with E-state index in [2.05, 4.69) is 5.32 Å². The zero-order valence-electron chi connectivity index (χ0n) is 18.5. The van der Waals surface area contributed by atoms with E-state index >= 15 is 0 Å². The van der Waals surface area contributed by atoms with Gasteiger partial charge < -0.3 is 19.7 Å². The lowest BCUT2D eigenvalue weighted by molar-refractivity contribution is -0.163. The van der Waals surface area contributed by atoms with Crippen molar-refractivity contribution in [2.45, 2.75) is 78.6 Å². The maximum absolute atomic E-state index is 13.1. The number of alkyl carbamates (subject to hydrolysis) is 1. The third kappa shape index (κ3) is 9.51. The van der Waals surface area contributed by atoms with E-state index in [0.717, 1.165) is 11.8 Å². The zero-order valence-corrected chi connectivity index (χ0v) is 19.3. The van der Waals surface area contributed by atoms with Crippen LogP contribution in [0.4, 0.5) is 4.79 Å². The van der Waals surface area contributed by atoms with Crippen molar-refractivity contribution in [1.29, 1.82) is 0 Å². The molecule has 1 aliphatic heterocycles. The topological polar surface area (TPSA) is 102 Å². The highest BCUT2D eigenvalue weighted by atomic mass is 32.2. The monoisotopic (exact) mass is 430 g/mol. The quantitative estimate of drug-likeness (QED) is 0.646. The molecule has 29 heavy (non-hydrogen) atoms. The van der Waals surface area contributed by atoms with Crippen LogP contribution in [-0.2, 0) is 23.9 Å². The second kappa shape index (κ2) is 10.3. The van der Waals surface area contributed by atoms with E-state index in [0.29, 0.717) is 19.4 Å². The number of hydrogen-bond acceptors (Lipinski definition) is 7. The lowest BCUT2D eigenvalue weighted by Gasteiger charge is -2.30. The molecule has 0 radical (unpaired) electrons. The molecule has 0 spiro atoms. The van der Waals surface area contributed by atoms with Crippen molar-refractivity contribution in [2.75, 3.05) is 18.8 Å². The fraction of sp³-hybridized carbons (Fsp3) is 0.800. The molecule has 1 N–H and O–H groups in total. The van der Waals surface area contributed by atoms with Crippen LogP contribution < -0.4 is 5.32 Å². The van der Waals surface area contributed by atoms with E-state index in [1.165, 1.54) is 11.8 Å². The fourth-order valence-electron chi connectivity index (χ4n) is 2.84. The highest BCUT2D eigenvalue weighted by Gasteiger charge is 2.39. The predicted octanol–water partition coefficient (Wildman–Crippen LogP) is 2.74. The number of ether oxygens (including phenoxy) is 2. The van der Waals surface area contributed by atoms with Crippen molar-refractivity contribution in [2.24, 2.45) is 5.92 Å². The average molecular weight is 431 g/mol. The number of nitrogens with one attached hydrogen (secondary N) is 1. The number of carbonyl (C=O) groups is 4. The molecule has 0 saturated carbocycles. The normalized spacial score (nSPS) is 18.2. The van der Waals surface area contributed by atoms with Crippen LogP contribution in [0.25, 0.3) is 0 Å². The van der Waals surface area contributed by atoms with Gasteiger partial charge in [-0.05, 0) is 54.4 Å². The largest absolute Gasteiger partial charge is 0.458 e. The Morgan fingerprint density at radius 1 is 1.07 bits per heavy atom. The van der Waals surface area contributed by atoms with Gasteiger partial charge >= 0.3 is 12.1 Å². The number of esters is 1. The summed E-state index contributed by atoms with van der Waals surface area (Å²) in [5.74, 6) is -1.15. The van der Waals surface area contributed by atoms with Crippen LogP contribution in [-0.4, -0.2) is 64.1 Å². The summed E-state index contributed by atoms with van der Waals surface area (Å²) in [7, 11) is 0. The number of thioether (sulfide) groups is 1. The van der Waals surface area contributed by atoms with E-state index in [1.54, 1.807) is 41.5 Å². The Bertz CT molecular complexity index is 623. The molecule has 2 amide bonds. The van der Waals surface area contributed by atoms with Crippen LogP contribution in [0.15, 0.2) is 0 Å². The van der Waals surface area contributed by atoms with Crippen molar-refractivity contribution in [3.8, 4) is 0 Å². The molecule has 1 heterocycles. The number of amides is 2. The first-order valence-corrected chi connectivity index (χ1v) is 10.8. The number of nitrogens with zero attached hydrogens (tertiary/aromatic N) is 1. The second-order valence-electron chi connectivity index (χ2n) is 9.11. The van der Waals surface area contributed by atoms with Crippen LogP contribution >= 0.6 is 11.8 Å². The Balaban J connectivity index is 2.84. The first kappa shape index (κ1) is 25.3. The summed E-state index contributed by atoms with van der Waals surface area (Å²) >= 11 is 1.02. The number of rotatable bonds is 6. The van der Waals surface area contributed by atoms with Gasteiger partial charge in [0.1, 0.15) is 17.2 Å². The van der Waals surface area contributed by atoms with Crippen LogP contribution in [0.5, 0.6) is 0 Å². The maximum atomic E-state index is 13.1. The van der Waals surface area contributed by atoms with Crippen LogP contribution in [0, 0.1) is 5.92 Å². The summed E-state index contributed by atoms with van der Waals surface area (Å²) in [5.41, 5.74) is -1.30. The van der Waals surface area contributed by atoms with Gasteiger partial charge in [0.15, 0.2) is 5.12 Å². The number of hydrogen-bond donors (Lipinski definition) is 1. The molecule has 1 saturated heterocycles. The van der Waals surface area contributed by atoms with Gasteiger partial charge in [-0.1, -0.05) is 11.8 Å². The Hall–Kier alpha value is -1.77. The third-order valence-electron chi connectivity index (χ3n) is 3.94. The van der Waals surface area contributed by atoms with Gasteiger partial charge in [-0.15, -0.1) is 0 Å². The summed E-state index contributed by atoms with van der Waals surface area (Å²) in [6.07, 6.45) is 0.599. The van der Waals surface area contributed by atoms with E-state index < -0.39 is 35.2 Å². The summed E-state index contributed by atoms with van der Waals surface area (Å²) in [6, 6.07) is -0.645. The first-order chi connectivity index (χ1) is 13.2. The molecule has 0 bridgehead atoms. The smallest absolute Gasteiger partial charge is 0.407 e. The molecule has 1 fully saturated rings. The summed E-state index contributed by atoms with van der Waals surface area (Å²) in [4.78, 5) is 50.5. The molecule has 9 heteroatoms. The van der Waals surface area contributed by atoms with Gasteiger partial charge in [-0.25, -0.2) is 9.59 Å². The van der Waals surface area contributed by atoms with Crippen LogP contribution in [0.3, 0.4) is 0 Å². The van der Waals surface area contributed by atoms with Gasteiger partial charge in [-0.3, -0.25) is 9.59 Å². The SMILES string of the molecule is CC(=O)SCC(CNC(=O)OC(C)(C)C)C(=O)N1CCC[C@H]1C(=O)OC(C)(C)C. The Morgan fingerprint density at radius 3 is 2.17 bits per heavy atom. The van der Waals surface area contributed by atoms with Crippen molar-refractivity contribution in [3.63, 3.8) is 0 Å². The molecule has 0 aromatic rings. The Labute approximate surface area is 177 Å². The number of likely N-dealkylation sites (tertiary alicyclic amines) is 1. The third-order valence-corrected chi connectivity index (χ3v) is 4.92. The van der Waals surface area contributed by atoms with Crippen molar-refractivity contribution < 1.29 is 28.7 Å². The summed E-state index contributed by atoms with van der Waals surface area (Å²) in [5, 5.41) is 2.48. The van der Waals surface area contributed by atoms with E-state index in [1.807, 2.05) is 0 Å². The van der Waals surface area contributed by atoms with Gasteiger partial charge in [0.05, 0.1) is 5.92 Å². The fourth-order valence-corrected chi connectivity index (χ4v) is 3.53. The highest BCUT2D eigenvalue weighted by Crippen LogP contribution is 2.24. The molecule has 0 aromatic heterocycles. The van der Waals surface area contributed by atoms with Crippen molar-refractivity contribution in [3.05, 3.63) is 0 Å². The molecule has 166 valence electrons. The van der Waals surface area contributed by atoms with Gasteiger partial charge in [0, 0.05) is 25.8 Å². The van der Waals surface area contributed by atoms with Crippen LogP contribution in [0.2, 0.25) is 0 Å². The first-order valence-electron chi connectivity index (χ1n) is 9.83. The molecule has 1 aliphatic rings. The van der Waals surface area contributed by atoms with Crippen LogP contribution in [0.1, 0.15) is 61.3 Å². The lowest BCUT2D eigenvalue weighted by atomic mass is 10.1. The minimum absolute atomic E-state index is 0.0194. The summed E-state index contributed by atoms with van der Waals surface area (Å²) in [6.45, 7) is 12.5. The molecule has 0 aliphatic carbocycles. The summed E-state index contributed by atoms with van der Waals surface area (Å²) < 4.78 is 10.7. The second-order valence-corrected chi connectivity index (χ2v) is 10.3. The number of carbonyl (C=O) groups excluding carboxylic acids is 4. The maximum Gasteiger partial charge on any atom is 0.407 e. The van der Waals surface area contributed by atoms with Gasteiger partial charge in [0.25, 0.3) is 0 Å². The molecule has 1 rings (SSSR count). The Kier molecular flexibility index (Phi) is 8.99. The standard InChI is InChI=1S/C20H34N2O6S/c1-13(23)29-12-14(11-21-18(26)28-20(5,6)7)16(24)22-10-8-9-15(22)17(25)27-19(2,3)4/h14-15H,8-12H2,1-7H3,(H,21,26)/t14?,15-/m0/s1. The minimum Gasteiger partial charge on any atom is -0.458 e. The zero-order chi connectivity index (χ0) is 22.4. The highest BCUT2D eigenvalue weighted by molar-refractivity contribution is 8.13. The van der Waals surface area contributed by atoms with E-state index in [-0.39, 0.29) is 23.3 Å².